The Hall–Kier alpha value is -3.56. The first-order chi connectivity index (χ1) is 18.7. The Labute approximate surface area is 235 Å². The number of rotatable bonds is 13. The first-order valence-electron chi connectivity index (χ1n) is 12.7. The maximum Gasteiger partial charge on any atom is 0.264 e. The fraction of sp³-hybridized carbons (Fsp3) is 0.310. The van der Waals surface area contributed by atoms with Crippen molar-refractivity contribution in [1.82, 2.24) is 10.2 Å². The number of hydrogen-bond donors (Lipinski definition) is 1. The number of nitrogens with one attached hydrogen (secondary N) is 1. The molecule has 2 amide bonds. The molecule has 10 heteroatoms. The Balaban J connectivity index is 2.02. The normalized spacial score (nSPS) is 11.9. The molecule has 0 saturated heterocycles. The van der Waals surface area contributed by atoms with E-state index >= 15 is 0 Å². The van der Waals surface area contributed by atoms with E-state index in [0.29, 0.717) is 17.1 Å². The van der Waals surface area contributed by atoms with Gasteiger partial charge in [-0.1, -0.05) is 67.4 Å². The highest BCUT2D eigenvalue weighted by Gasteiger charge is 2.33. The Morgan fingerprint density at radius 2 is 1.69 bits per heavy atom. The van der Waals surface area contributed by atoms with Gasteiger partial charge in [-0.15, -0.1) is 0 Å². The molecular formula is C29H34ClN3O5S. The average molecular weight is 572 g/mol. The van der Waals surface area contributed by atoms with E-state index in [0.717, 1.165) is 17.1 Å². The van der Waals surface area contributed by atoms with E-state index in [1.807, 2.05) is 6.92 Å². The van der Waals surface area contributed by atoms with Crippen LogP contribution in [0.5, 0.6) is 5.75 Å². The fourth-order valence-corrected chi connectivity index (χ4v) is 5.68. The van der Waals surface area contributed by atoms with Gasteiger partial charge >= 0.3 is 0 Å². The number of para-hydroxylation sites is 2. The predicted octanol–water partition coefficient (Wildman–Crippen LogP) is 4.88. The summed E-state index contributed by atoms with van der Waals surface area (Å²) >= 11 is 6.18. The molecule has 1 N–H and O–H groups in total. The van der Waals surface area contributed by atoms with Crippen LogP contribution in [0.15, 0.2) is 83.8 Å². The zero-order chi connectivity index (χ0) is 28.4. The van der Waals surface area contributed by atoms with Gasteiger partial charge in [0.2, 0.25) is 11.8 Å². The number of carbonyl (C=O) groups is 2. The van der Waals surface area contributed by atoms with Crippen LogP contribution < -0.4 is 14.4 Å². The molecule has 0 saturated carbocycles. The van der Waals surface area contributed by atoms with Crippen LogP contribution in [0.4, 0.5) is 5.69 Å². The highest BCUT2D eigenvalue weighted by molar-refractivity contribution is 7.92. The van der Waals surface area contributed by atoms with Crippen molar-refractivity contribution < 1.29 is 22.7 Å². The number of anilines is 1. The molecule has 0 aliphatic carbocycles. The third-order valence-electron chi connectivity index (χ3n) is 6.20. The summed E-state index contributed by atoms with van der Waals surface area (Å²) in [6.45, 7) is 3.64. The van der Waals surface area contributed by atoms with Gasteiger partial charge in [-0.3, -0.25) is 13.9 Å². The lowest BCUT2D eigenvalue weighted by molar-refractivity contribution is -0.139. The number of amides is 2. The van der Waals surface area contributed by atoms with Crippen LogP contribution in [0, 0.1) is 0 Å². The largest absolute Gasteiger partial charge is 0.495 e. The molecule has 0 aliphatic heterocycles. The summed E-state index contributed by atoms with van der Waals surface area (Å²) in [7, 11) is -2.74. The molecule has 0 heterocycles. The summed E-state index contributed by atoms with van der Waals surface area (Å²) in [5, 5.41) is 3.35. The van der Waals surface area contributed by atoms with Crippen molar-refractivity contribution in [2.24, 2.45) is 0 Å². The molecular weight excluding hydrogens is 538 g/mol. The molecule has 208 valence electrons. The Kier molecular flexibility index (Phi) is 10.8. The number of hydrogen-bond acceptors (Lipinski definition) is 5. The molecule has 0 unspecified atom stereocenters. The van der Waals surface area contributed by atoms with Gasteiger partial charge in [-0.2, -0.15) is 0 Å². The van der Waals surface area contributed by atoms with Gasteiger partial charge in [0.05, 0.1) is 17.7 Å². The SMILES string of the molecule is CCCCNC(=O)[C@H](C)N(Cc1cccc(Cl)c1)C(=O)CN(c1ccccc1OC)S(=O)(=O)c1ccccc1. The van der Waals surface area contributed by atoms with Crippen molar-refractivity contribution in [1.29, 1.82) is 0 Å². The van der Waals surface area contributed by atoms with Crippen LogP contribution in [0.2, 0.25) is 5.02 Å². The van der Waals surface area contributed by atoms with E-state index in [9.17, 15) is 18.0 Å². The monoisotopic (exact) mass is 571 g/mol. The number of methoxy groups -OCH3 is 1. The minimum atomic E-state index is -4.17. The van der Waals surface area contributed by atoms with Crippen LogP contribution in [-0.4, -0.2) is 51.4 Å². The maximum atomic E-state index is 13.9. The summed E-state index contributed by atoms with van der Waals surface area (Å²) in [5.41, 5.74) is 0.916. The molecule has 0 radical (unpaired) electrons. The Bertz CT molecular complexity index is 1370. The minimum Gasteiger partial charge on any atom is -0.495 e. The molecule has 0 fully saturated rings. The summed E-state index contributed by atoms with van der Waals surface area (Å²) < 4.78 is 34.1. The molecule has 0 aromatic heterocycles. The van der Waals surface area contributed by atoms with Gasteiger partial charge in [0.15, 0.2) is 0 Å². The number of ether oxygens (including phenoxy) is 1. The predicted molar refractivity (Wildman–Crippen MR) is 153 cm³/mol. The van der Waals surface area contributed by atoms with Crippen molar-refractivity contribution in [2.45, 2.75) is 44.2 Å². The van der Waals surface area contributed by atoms with Crippen LogP contribution in [0.3, 0.4) is 0 Å². The zero-order valence-corrected chi connectivity index (χ0v) is 23.9. The van der Waals surface area contributed by atoms with Crippen molar-refractivity contribution in [3.63, 3.8) is 0 Å². The highest BCUT2D eigenvalue weighted by Crippen LogP contribution is 2.32. The van der Waals surface area contributed by atoms with Gasteiger partial charge in [-0.25, -0.2) is 8.42 Å². The van der Waals surface area contributed by atoms with E-state index in [4.69, 9.17) is 16.3 Å². The molecule has 3 aromatic carbocycles. The second-order valence-corrected chi connectivity index (χ2v) is 11.3. The van der Waals surface area contributed by atoms with Crippen molar-refractivity contribution in [3.05, 3.63) is 89.4 Å². The van der Waals surface area contributed by atoms with Crippen LogP contribution in [-0.2, 0) is 26.2 Å². The number of sulfonamides is 1. The summed E-state index contributed by atoms with van der Waals surface area (Å²) in [4.78, 5) is 28.3. The number of carbonyl (C=O) groups excluding carboxylic acids is 2. The Morgan fingerprint density at radius 3 is 2.36 bits per heavy atom. The van der Waals surface area contributed by atoms with Gasteiger partial charge in [0.25, 0.3) is 10.0 Å². The quantitative estimate of drug-likeness (QED) is 0.295. The smallest absolute Gasteiger partial charge is 0.264 e. The van der Waals surface area contributed by atoms with E-state index < -0.39 is 28.5 Å². The first kappa shape index (κ1) is 30.0. The highest BCUT2D eigenvalue weighted by atomic mass is 35.5. The molecule has 39 heavy (non-hydrogen) atoms. The van der Waals surface area contributed by atoms with Crippen LogP contribution in [0.1, 0.15) is 32.3 Å². The van der Waals surface area contributed by atoms with Gasteiger partial charge in [0, 0.05) is 18.1 Å². The second-order valence-electron chi connectivity index (χ2n) is 8.97. The number of benzene rings is 3. The lowest BCUT2D eigenvalue weighted by Gasteiger charge is -2.32. The summed E-state index contributed by atoms with van der Waals surface area (Å²) in [6.07, 6.45) is 1.71. The summed E-state index contributed by atoms with van der Waals surface area (Å²) in [6, 6.07) is 20.6. The molecule has 1 atom stereocenters. The molecule has 0 aliphatic rings. The minimum absolute atomic E-state index is 0.0236. The number of nitrogens with zero attached hydrogens (tertiary/aromatic N) is 2. The number of halogens is 1. The van der Waals surface area contributed by atoms with Gasteiger partial charge in [0.1, 0.15) is 18.3 Å². The Morgan fingerprint density at radius 1 is 1.00 bits per heavy atom. The molecule has 0 bridgehead atoms. The van der Waals surface area contributed by atoms with E-state index in [2.05, 4.69) is 5.32 Å². The standard InChI is InChI=1S/C29H34ClN3O5S/c1-4-5-18-31-29(35)22(2)32(20-23-12-11-13-24(30)19-23)28(34)21-33(26-16-9-10-17-27(26)38-3)39(36,37)25-14-7-6-8-15-25/h6-17,19,22H,4-5,18,20-21H2,1-3H3,(H,31,35)/t22-/m0/s1. The van der Waals surface area contributed by atoms with Crippen LogP contribution in [0.25, 0.3) is 0 Å². The van der Waals surface area contributed by atoms with Crippen molar-refractivity contribution in [2.75, 3.05) is 24.5 Å². The van der Waals surface area contributed by atoms with E-state index in [1.165, 1.54) is 24.1 Å². The van der Waals surface area contributed by atoms with E-state index in [1.54, 1.807) is 73.7 Å². The second kappa shape index (κ2) is 14.0. The van der Waals surface area contributed by atoms with Crippen molar-refractivity contribution >= 4 is 39.1 Å². The molecule has 8 nitrogen and oxygen atoms in total. The third-order valence-corrected chi connectivity index (χ3v) is 8.21. The molecule has 0 spiro atoms. The van der Waals surface area contributed by atoms with Crippen LogP contribution >= 0.6 is 11.6 Å². The molecule has 3 aromatic rings. The van der Waals surface area contributed by atoms with E-state index in [-0.39, 0.29) is 28.8 Å². The van der Waals surface area contributed by atoms with Crippen molar-refractivity contribution in [3.8, 4) is 5.75 Å². The maximum absolute atomic E-state index is 13.9. The lowest BCUT2D eigenvalue weighted by atomic mass is 10.1. The van der Waals surface area contributed by atoms with Gasteiger partial charge in [-0.05, 0) is 55.3 Å². The number of unbranched alkanes of at least 4 members (excludes halogenated alkanes) is 1. The van der Waals surface area contributed by atoms with Gasteiger partial charge < -0.3 is 15.0 Å². The fourth-order valence-electron chi connectivity index (χ4n) is 4.02. The first-order valence-corrected chi connectivity index (χ1v) is 14.5. The topological polar surface area (TPSA) is 96.0 Å². The zero-order valence-electron chi connectivity index (χ0n) is 22.3. The summed E-state index contributed by atoms with van der Waals surface area (Å²) in [5.74, 6) is -0.594. The lowest BCUT2D eigenvalue weighted by Crippen LogP contribution is -2.51. The average Bonchev–Trinajstić information content (AvgIpc) is 2.94. The third kappa shape index (κ3) is 7.74. The molecule has 3 rings (SSSR count).